The summed E-state index contributed by atoms with van der Waals surface area (Å²) >= 11 is 0. The summed E-state index contributed by atoms with van der Waals surface area (Å²) in [7, 11) is 0. The molecule has 0 bridgehead atoms. The minimum absolute atomic E-state index is 0.0224. The van der Waals surface area contributed by atoms with Gasteiger partial charge < -0.3 is 9.80 Å². The summed E-state index contributed by atoms with van der Waals surface area (Å²) in [5, 5.41) is 0. The Kier molecular flexibility index (Phi) is 4.88. The third-order valence-corrected chi connectivity index (χ3v) is 5.26. The number of rotatable bonds is 4. The number of carbonyl (C=O) groups excluding carboxylic acids is 2. The lowest BCUT2D eigenvalue weighted by atomic mass is 9.85. The molecule has 1 spiro atoms. The van der Waals surface area contributed by atoms with Gasteiger partial charge >= 0.3 is 0 Å². The summed E-state index contributed by atoms with van der Waals surface area (Å²) in [6.07, 6.45) is 4.52. The summed E-state index contributed by atoms with van der Waals surface area (Å²) in [5.74, 6) is -0.201. The standard InChI is InChI=1S/C19H25FN2O2/c1-2-11-21-12-3-9-19(18(21)24)10-4-13-22(19)17(23)14-15-5-7-16(20)8-6-15/h5-8H,2-4,9-14H2,1H3. The second kappa shape index (κ2) is 6.91. The first-order chi connectivity index (χ1) is 11.6. The second-order valence-electron chi connectivity index (χ2n) is 6.88. The van der Waals surface area contributed by atoms with Gasteiger partial charge in [0.25, 0.3) is 0 Å². The van der Waals surface area contributed by atoms with Gasteiger partial charge in [0.2, 0.25) is 11.8 Å². The van der Waals surface area contributed by atoms with Gasteiger partial charge in [-0.1, -0.05) is 19.1 Å². The van der Waals surface area contributed by atoms with Gasteiger partial charge in [-0.3, -0.25) is 9.59 Å². The number of likely N-dealkylation sites (tertiary alicyclic amines) is 2. The van der Waals surface area contributed by atoms with Crippen molar-refractivity contribution in [2.75, 3.05) is 19.6 Å². The van der Waals surface area contributed by atoms with Gasteiger partial charge in [-0.05, 0) is 49.8 Å². The average Bonchev–Trinajstić information content (AvgIpc) is 2.99. The highest BCUT2D eigenvalue weighted by Gasteiger charge is 2.52. The highest BCUT2D eigenvalue weighted by atomic mass is 19.1. The third-order valence-electron chi connectivity index (χ3n) is 5.26. The van der Waals surface area contributed by atoms with Crippen LogP contribution in [0.2, 0.25) is 0 Å². The molecule has 24 heavy (non-hydrogen) atoms. The Morgan fingerprint density at radius 2 is 1.83 bits per heavy atom. The number of piperidine rings is 1. The van der Waals surface area contributed by atoms with Gasteiger partial charge in [0.05, 0.1) is 6.42 Å². The number of hydrogen-bond acceptors (Lipinski definition) is 2. The van der Waals surface area contributed by atoms with E-state index < -0.39 is 5.54 Å². The molecule has 130 valence electrons. The second-order valence-corrected chi connectivity index (χ2v) is 6.88. The molecular weight excluding hydrogens is 307 g/mol. The molecule has 2 saturated heterocycles. The molecule has 0 radical (unpaired) electrons. The van der Waals surface area contributed by atoms with Crippen molar-refractivity contribution in [3.8, 4) is 0 Å². The molecule has 1 aromatic carbocycles. The predicted molar refractivity (Wildman–Crippen MR) is 89.9 cm³/mol. The van der Waals surface area contributed by atoms with Crippen molar-refractivity contribution in [3.63, 3.8) is 0 Å². The molecule has 2 heterocycles. The van der Waals surface area contributed by atoms with E-state index in [1.54, 1.807) is 17.0 Å². The molecule has 2 amide bonds. The van der Waals surface area contributed by atoms with Crippen molar-refractivity contribution in [1.29, 1.82) is 0 Å². The van der Waals surface area contributed by atoms with Crippen LogP contribution in [0.5, 0.6) is 0 Å². The van der Waals surface area contributed by atoms with Crippen LogP contribution in [0.4, 0.5) is 4.39 Å². The zero-order valence-corrected chi connectivity index (χ0v) is 14.3. The Bertz CT molecular complexity index is 614. The number of nitrogens with zero attached hydrogens (tertiary/aromatic N) is 2. The molecule has 1 atom stereocenters. The summed E-state index contributed by atoms with van der Waals surface area (Å²) in [6.45, 7) is 4.28. The van der Waals surface area contributed by atoms with Crippen LogP contribution in [0.1, 0.15) is 44.6 Å². The molecule has 0 aliphatic carbocycles. The molecule has 0 aromatic heterocycles. The SMILES string of the molecule is CCCN1CCCC2(CCCN2C(=O)Cc2ccc(F)cc2)C1=O. The Labute approximate surface area is 142 Å². The van der Waals surface area contributed by atoms with E-state index in [-0.39, 0.29) is 24.1 Å². The molecular formula is C19H25FN2O2. The van der Waals surface area contributed by atoms with Crippen molar-refractivity contribution >= 4 is 11.8 Å². The fourth-order valence-electron chi connectivity index (χ4n) is 4.15. The van der Waals surface area contributed by atoms with Crippen LogP contribution in [0.3, 0.4) is 0 Å². The van der Waals surface area contributed by atoms with Gasteiger partial charge in [-0.2, -0.15) is 0 Å². The van der Waals surface area contributed by atoms with Crippen LogP contribution in [0.25, 0.3) is 0 Å². The summed E-state index contributed by atoms with van der Waals surface area (Å²) in [6, 6.07) is 6.03. The quantitative estimate of drug-likeness (QED) is 0.851. The molecule has 0 saturated carbocycles. The van der Waals surface area contributed by atoms with Crippen molar-refractivity contribution in [2.24, 2.45) is 0 Å². The monoisotopic (exact) mass is 332 g/mol. The first-order valence-electron chi connectivity index (χ1n) is 8.91. The molecule has 2 fully saturated rings. The topological polar surface area (TPSA) is 40.6 Å². The Balaban J connectivity index is 1.77. The first kappa shape index (κ1) is 16.9. The normalized spacial score (nSPS) is 24.0. The lowest BCUT2D eigenvalue weighted by molar-refractivity contribution is -0.155. The number of carbonyl (C=O) groups is 2. The van der Waals surface area contributed by atoms with Crippen molar-refractivity contribution < 1.29 is 14.0 Å². The summed E-state index contributed by atoms with van der Waals surface area (Å²) in [5.41, 5.74) is 0.155. The number of halogens is 1. The molecule has 3 rings (SSSR count). The van der Waals surface area contributed by atoms with Crippen LogP contribution in [-0.4, -0.2) is 46.8 Å². The van der Waals surface area contributed by atoms with Gasteiger partial charge in [0, 0.05) is 19.6 Å². The highest BCUT2D eigenvalue weighted by Crippen LogP contribution is 2.38. The zero-order valence-electron chi connectivity index (χ0n) is 14.3. The van der Waals surface area contributed by atoms with Crippen molar-refractivity contribution in [3.05, 3.63) is 35.6 Å². The van der Waals surface area contributed by atoms with Crippen molar-refractivity contribution in [1.82, 2.24) is 9.80 Å². The van der Waals surface area contributed by atoms with E-state index in [0.717, 1.165) is 50.8 Å². The van der Waals surface area contributed by atoms with E-state index in [4.69, 9.17) is 0 Å². The maximum absolute atomic E-state index is 13.0. The maximum Gasteiger partial charge on any atom is 0.248 e. The third kappa shape index (κ3) is 3.04. The fourth-order valence-corrected chi connectivity index (χ4v) is 4.15. The minimum Gasteiger partial charge on any atom is -0.341 e. The summed E-state index contributed by atoms with van der Waals surface area (Å²) in [4.78, 5) is 29.6. The Morgan fingerprint density at radius 1 is 1.17 bits per heavy atom. The number of hydrogen-bond donors (Lipinski definition) is 0. The molecule has 2 aliphatic rings. The van der Waals surface area contributed by atoms with Gasteiger partial charge in [-0.25, -0.2) is 4.39 Å². The minimum atomic E-state index is -0.634. The molecule has 1 unspecified atom stereocenters. The molecule has 2 aliphatic heterocycles. The lowest BCUT2D eigenvalue weighted by Gasteiger charge is -2.44. The van der Waals surface area contributed by atoms with Gasteiger partial charge in [0.1, 0.15) is 11.4 Å². The molecule has 5 heteroatoms. The van der Waals surface area contributed by atoms with E-state index >= 15 is 0 Å². The first-order valence-corrected chi connectivity index (χ1v) is 8.91. The molecule has 0 N–H and O–H groups in total. The van der Waals surface area contributed by atoms with Gasteiger partial charge in [-0.15, -0.1) is 0 Å². The van der Waals surface area contributed by atoms with E-state index in [1.165, 1.54) is 12.1 Å². The van der Waals surface area contributed by atoms with Gasteiger partial charge in [0.15, 0.2) is 0 Å². The Morgan fingerprint density at radius 3 is 2.50 bits per heavy atom. The fraction of sp³-hybridized carbons (Fsp3) is 0.579. The Hall–Kier alpha value is -1.91. The van der Waals surface area contributed by atoms with E-state index in [2.05, 4.69) is 6.92 Å². The summed E-state index contributed by atoms with van der Waals surface area (Å²) < 4.78 is 13.0. The van der Waals surface area contributed by atoms with Crippen LogP contribution in [0, 0.1) is 5.82 Å². The zero-order chi connectivity index (χ0) is 17.2. The van der Waals surface area contributed by atoms with Crippen LogP contribution in [-0.2, 0) is 16.0 Å². The smallest absolute Gasteiger partial charge is 0.248 e. The highest BCUT2D eigenvalue weighted by molar-refractivity contribution is 5.93. The van der Waals surface area contributed by atoms with Crippen LogP contribution >= 0.6 is 0 Å². The van der Waals surface area contributed by atoms with Crippen molar-refractivity contribution in [2.45, 2.75) is 51.0 Å². The van der Waals surface area contributed by atoms with Crippen LogP contribution in [0.15, 0.2) is 24.3 Å². The van der Waals surface area contributed by atoms with E-state index in [9.17, 15) is 14.0 Å². The molecule has 1 aromatic rings. The average molecular weight is 332 g/mol. The number of benzene rings is 1. The van der Waals surface area contributed by atoms with E-state index in [1.807, 2.05) is 4.90 Å². The molecule has 4 nitrogen and oxygen atoms in total. The van der Waals surface area contributed by atoms with Crippen LogP contribution < -0.4 is 0 Å². The van der Waals surface area contributed by atoms with E-state index in [0.29, 0.717) is 6.54 Å². The largest absolute Gasteiger partial charge is 0.341 e. The number of amides is 2. The predicted octanol–water partition coefficient (Wildman–Crippen LogP) is 2.76. The lowest BCUT2D eigenvalue weighted by Crippen LogP contribution is -2.61. The maximum atomic E-state index is 13.0.